The average Bonchev–Trinajstić information content (AvgIpc) is 2.35. The summed E-state index contributed by atoms with van der Waals surface area (Å²) in [5.41, 5.74) is 0.428. The fourth-order valence-corrected chi connectivity index (χ4v) is 2.62. The molecule has 0 unspecified atom stereocenters. The molecule has 2 aromatic carbocycles. The minimum absolute atomic E-state index is 0.0276. The molecule has 4 nitrogen and oxygen atoms in total. The van der Waals surface area contributed by atoms with Crippen LogP contribution in [-0.4, -0.2) is 4.92 Å². The van der Waals surface area contributed by atoms with E-state index in [4.69, 9.17) is 4.74 Å². The molecule has 2 rings (SSSR count). The van der Waals surface area contributed by atoms with Crippen molar-refractivity contribution in [3.63, 3.8) is 0 Å². The number of hydrogen-bond acceptors (Lipinski definition) is 3. The third-order valence-corrected chi connectivity index (χ3v) is 3.53. The maximum atomic E-state index is 13.2. The number of hydrogen-bond donors (Lipinski definition) is 0. The van der Waals surface area contributed by atoms with Crippen LogP contribution >= 0.6 is 31.9 Å². The Labute approximate surface area is 131 Å². The molecule has 0 atom stereocenters. The first-order chi connectivity index (χ1) is 9.47. The highest BCUT2D eigenvalue weighted by Crippen LogP contribution is 2.35. The summed E-state index contributed by atoms with van der Waals surface area (Å²) in [6.07, 6.45) is 0. The molecule has 0 fully saturated rings. The molecule has 20 heavy (non-hydrogen) atoms. The average molecular weight is 405 g/mol. The second kappa shape index (κ2) is 6.32. The molecule has 0 N–H and O–H groups in total. The van der Waals surface area contributed by atoms with Gasteiger partial charge in [0.15, 0.2) is 0 Å². The van der Waals surface area contributed by atoms with Gasteiger partial charge >= 0.3 is 5.69 Å². The van der Waals surface area contributed by atoms with Gasteiger partial charge in [-0.1, -0.05) is 22.0 Å². The van der Waals surface area contributed by atoms with Gasteiger partial charge in [0.25, 0.3) is 0 Å². The van der Waals surface area contributed by atoms with Crippen LogP contribution in [0.4, 0.5) is 10.1 Å². The molecule has 7 heteroatoms. The van der Waals surface area contributed by atoms with E-state index in [2.05, 4.69) is 31.9 Å². The van der Waals surface area contributed by atoms with E-state index in [0.717, 1.165) is 0 Å². The minimum atomic E-state index is -0.526. The first-order valence-electron chi connectivity index (χ1n) is 5.48. The second-order valence-corrected chi connectivity index (χ2v) is 5.68. The molecule has 0 aliphatic rings. The van der Waals surface area contributed by atoms with Crippen LogP contribution in [0.2, 0.25) is 0 Å². The number of nitrogens with zero attached hydrogens (tertiary/aromatic N) is 1. The standard InChI is InChI=1S/C13H8Br2FNO3/c14-9-4-8(5-10(16)6-9)7-20-13-11(15)2-1-3-12(13)17(18)19/h1-6H,7H2. The Morgan fingerprint density at radius 3 is 2.65 bits per heavy atom. The van der Waals surface area contributed by atoms with E-state index in [0.29, 0.717) is 14.5 Å². The Bertz CT molecular complexity index is 644. The first-order valence-corrected chi connectivity index (χ1v) is 7.06. The van der Waals surface area contributed by atoms with Gasteiger partial charge in [0.05, 0.1) is 9.40 Å². The lowest BCUT2D eigenvalue weighted by atomic mass is 10.2. The van der Waals surface area contributed by atoms with Gasteiger partial charge in [0, 0.05) is 10.5 Å². The molecule has 0 bridgehead atoms. The zero-order chi connectivity index (χ0) is 14.7. The topological polar surface area (TPSA) is 52.4 Å². The maximum absolute atomic E-state index is 13.2. The van der Waals surface area contributed by atoms with Crippen LogP contribution < -0.4 is 4.74 Å². The molecule has 0 radical (unpaired) electrons. The third-order valence-electron chi connectivity index (χ3n) is 2.45. The number of nitro benzene ring substituents is 1. The Morgan fingerprint density at radius 2 is 2.00 bits per heavy atom. The van der Waals surface area contributed by atoms with E-state index in [-0.39, 0.29) is 18.0 Å². The summed E-state index contributed by atoms with van der Waals surface area (Å²) in [6.45, 7) is 0.0276. The Hall–Kier alpha value is -1.47. The van der Waals surface area contributed by atoms with Gasteiger partial charge in [0.1, 0.15) is 12.4 Å². The SMILES string of the molecule is O=[N+]([O-])c1cccc(Br)c1OCc1cc(F)cc(Br)c1. The normalized spacial score (nSPS) is 10.3. The van der Waals surface area contributed by atoms with Gasteiger partial charge in [-0.15, -0.1) is 0 Å². The summed E-state index contributed by atoms with van der Waals surface area (Å²) in [7, 11) is 0. The summed E-state index contributed by atoms with van der Waals surface area (Å²) in [5, 5.41) is 10.9. The number of rotatable bonds is 4. The van der Waals surface area contributed by atoms with Crippen LogP contribution in [0.15, 0.2) is 45.3 Å². The molecule has 0 aromatic heterocycles. The van der Waals surface area contributed by atoms with Crippen LogP contribution in [0.5, 0.6) is 5.75 Å². The number of halogens is 3. The second-order valence-electron chi connectivity index (χ2n) is 3.91. The molecule has 0 aliphatic carbocycles. The van der Waals surface area contributed by atoms with Crippen molar-refractivity contribution in [1.82, 2.24) is 0 Å². The number of para-hydroxylation sites is 1. The molecule has 0 saturated heterocycles. The molecule has 0 saturated carbocycles. The molecule has 0 amide bonds. The Kier molecular flexibility index (Phi) is 4.72. The molecule has 0 aliphatic heterocycles. The summed E-state index contributed by atoms with van der Waals surface area (Å²) in [5.74, 6) is -0.280. The minimum Gasteiger partial charge on any atom is -0.481 e. The van der Waals surface area contributed by atoms with Gasteiger partial charge in [-0.3, -0.25) is 10.1 Å². The van der Waals surface area contributed by atoms with Crippen molar-refractivity contribution in [2.45, 2.75) is 6.61 Å². The van der Waals surface area contributed by atoms with Crippen molar-refractivity contribution in [3.05, 3.63) is 66.8 Å². The van der Waals surface area contributed by atoms with E-state index in [9.17, 15) is 14.5 Å². The summed E-state index contributed by atoms with van der Waals surface area (Å²) in [6, 6.07) is 8.86. The lowest BCUT2D eigenvalue weighted by molar-refractivity contribution is -0.386. The van der Waals surface area contributed by atoms with Gasteiger partial charge < -0.3 is 4.74 Å². The van der Waals surface area contributed by atoms with Gasteiger partial charge in [-0.25, -0.2) is 4.39 Å². The van der Waals surface area contributed by atoms with E-state index in [1.165, 1.54) is 18.2 Å². The highest BCUT2D eigenvalue weighted by molar-refractivity contribution is 9.10. The molecule has 0 spiro atoms. The van der Waals surface area contributed by atoms with Crippen molar-refractivity contribution in [2.75, 3.05) is 0 Å². The highest BCUT2D eigenvalue weighted by Gasteiger charge is 2.18. The lowest BCUT2D eigenvalue weighted by Gasteiger charge is -2.09. The predicted molar refractivity (Wildman–Crippen MR) is 79.2 cm³/mol. The fourth-order valence-electron chi connectivity index (χ4n) is 1.63. The summed E-state index contributed by atoms with van der Waals surface area (Å²) >= 11 is 6.38. The fraction of sp³-hybridized carbons (Fsp3) is 0.0769. The smallest absolute Gasteiger partial charge is 0.312 e. The number of benzene rings is 2. The third kappa shape index (κ3) is 3.55. The maximum Gasteiger partial charge on any atom is 0.312 e. The number of ether oxygens (including phenoxy) is 1. The zero-order valence-electron chi connectivity index (χ0n) is 9.98. The first kappa shape index (κ1) is 14.9. The monoisotopic (exact) mass is 403 g/mol. The molecule has 0 heterocycles. The quantitative estimate of drug-likeness (QED) is 0.541. The summed E-state index contributed by atoms with van der Waals surface area (Å²) < 4.78 is 19.7. The van der Waals surface area contributed by atoms with Crippen LogP contribution in [0.3, 0.4) is 0 Å². The van der Waals surface area contributed by atoms with E-state index < -0.39 is 10.7 Å². The van der Waals surface area contributed by atoms with E-state index in [1.54, 1.807) is 18.2 Å². The molecular formula is C13H8Br2FNO3. The Morgan fingerprint density at radius 1 is 1.25 bits per heavy atom. The summed E-state index contributed by atoms with van der Waals surface area (Å²) in [4.78, 5) is 10.4. The zero-order valence-corrected chi connectivity index (χ0v) is 13.1. The van der Waals surface area contributed by atoms with Crippen LogP contribution in [0.1, 0.15) is 5.56 Å². The van der Waals surface area contributed by atoms with Crippen molar-refractivity contribution < 1.29 is 14.1 Å². The van der Waals surface area contributed by atoms with Crippen LogP contribution in [0.25, 0.3) is 0 Å². The highest BCUT2D eigenvalue weighted by atomic mass is 79.9. The largest absolute Gasteiger partial charge is 0.481 e. The van der Waals surface area contributed by atoms with Gasteiger partial charge in [0.2, 0.25) is 5.75 Å². The molecular weight excluding hydrogens is 397 g/mol. The van der Waals surface area contributed by atoms with Crippen LogP contribution in [-0.2, 0) is 6.61 Å². The van der Waals surface area contributed by atoms with Crippen LogP contribution in [0, 0.1) is 15.9 Å². The van der Waals surface area contributed by atoms with Gasteiger partial charge in [-0.05, 0) is 45.8 Å². The van der Waals surface area contributed by atoms with E-state index >= 15 is 0 Å². The predicted octanol–water partition coefficient (Wildman–Crippen LogP) is 4.84. The number of nitro groups is 1. The van der Waals surface area contributed by atoms with Gasteiger partial charge in [-0.2, -0.15) is 0 Å². The molecule has 104 valence electrons. The lowest BCUT2D eigenvalue weighted by Crippen LogP contribution is -2.00. The molecule has 2 aromatic rings. The van der Waals surface area contributed by atoms with Crippen molar-refractivity contribution in [2.24, 2.45) is 0 Å². The van der Waals surface area contributed by atoms with Crippen molar-refractivity contribution >= 4 is 37.5 Å². The van der Waals surface area contributed by atoms with Crippen molar-refractivity contribution in [1.29, 1.82) is 0 Å². The van der Waals surface area contributed by atoms with E-state index in [1.807, 2.05) is 0 Å². The van der Waals surface area contributed by atoms with Crippen molar-refractivity contribution in [3.8, 4) is 5.75 Å². The Balaban J connectivity index is 2.25.